The summed E-state index contributed by atoms with van der Waals surface area (Å²) < 4.78 is 5.54. The van der Waals surface area contributed by atoms with Crippen molar-refractivity contribution >= 4 is 5.78 Å². The maximum Gasteiger partial charge on any atom is 0.165 e. The lowest BCUT2D eigenvalue weighted by Crippen LogP contribution is -2.23. The number of allylic oxidation sites excluding steroid dienone is 1. The molecular weight excluding hydrogens is 188 g/mol. The van der Waals surface area contributed by atoms with Gasteiger partial charge in [0, 0.05) is 6.42 Å². The Morgan fingerprint density at radius 2 is 2.07 bits per heavy atom. The average molecular weight is 202 g/mol. The zero-order valence-electron chi connectivity index (χ0n) is 8.56. The van der Waals surface area contributed by atoms with E-state index in [9.17, 15) is 4.79 Å². The van der Waals surface area contributed by atoms with Crippen molar-refractivity contribution in [3.63, 3.8) is 0 Å². The lowest BCUT2D eigenvalue weighted by atomic mass is 10.0. The fourth-order valence-corrected chi connectivity index (χ4v) is 1.60. The number of ketones is 1. The highest BCUT2D eigenvalue weighted by molar-refractivity contribution is 5.85. The Kier molecular flexibility index (Phi) is 3.30. The van der Waals surface area contributed by atoms with E-state index < -0.39 is 0 Å². The van der Waals surface area contributed by atoms with Gasteiger partial charge in [-0.15, -0.1) is 0 Å². The summed E-state index contributed by atoms with van der Waals surface area (Å²) in [7, 11) is 0. The first kappa shape index (κ1) is 10.1. The molecule has 0 heterocycles. The molecular formula is C13H14O2. The molecule has 2 rings (SSSR count). The van der Waals surface area contributed by atoms with Gasteiger partial charge in [0.15, 0.2) is 5.78 Å². The largest absolute Gasteiger partial charge is 0.362 e. The standard InChI is InChI=1S/C13H14O2/c14-12-8-4-5-9-13(12)15-10-11-6-2-1-3-7-11/h1-3,5-7,9,13H,4,8,10H2. The van der Waals surface area contributed by atoms with E-state index in [1.165, 1.54) is 0 Å². The monoisotopic (exact) mass is 202 g/mol. The normalized spacial score (nSPS) is 20.5. The second kappa shape index (κ2) is 4.89. The average Bonchev–Trinajstić information content (AvgIpc) is 2.29. The highest BCUT2D eigenvalue weighted by Gasteiger charge is 2.17. The van der Waals surface area contributed by atoms with Crippen molar-refractivity contribution in [2.45, 2.75) is 25.6 Å². The third-order valence-electron chi connectivity index (χ3n) is 2.46. The molecule has 0 saturated carbocycles. The molecule has 0 radical (unpaired) electrons. The van der Waals surface area contributed by atoms with Crippen LogP contribution < -0.4 is 0 Å². The van der Waals surface area contributed by atoms with Crippen LogP contribution in [0.2, 0.25) is 0 Å². The van der Waals surface area contributed by atoms with Gasteiger partial charge in [-0.05, 0) is 12.0 Å². The minimum absolute atomic E-state index is 0.188. The smallest absolute Gasteiger partial charge is 0.165 e. The number of ether oxygens (including phenoxy) is 1. The molecule has 0 fully saturated rings. The van der Waals surface area contributed by atoms with Crippen molar-refractivity contribution in [3.8, 4) is 0 Å². The Labute approximate surface area is 89.6 Å². The zero-order valence-corrected chi connectivity index (χ0v) is 8.56. The van der Waals surface area contributed by atoms with Gasteiger partial charge in [-0.25, -0.2) is 0 Å². The van der Waals surface area contributed by atoms with Gasteiger partial charge >= 0.3 is 0 Å². The van der Waals surface area contributed by atoms with E-state index in [2.05, 4.69) is 0 Å². The van der Waals surface area contributed by atoms with E-state index in [0.717, 1.165) is 12.0 Å². The maximum absolute atomic E-state index is 11.4. The molecule has 1 aromatic rings. The van der Waals surface area contributed by atoms with Gasteiger partial charge in [-0.3, -0.25) is 4.79 Å². The Hall–Kier alpha value is -1.41. The predicted molar refractivity (Wildman–Crippen MR) is 58.4 cm³/mol. The summed E-state index contributed by atoms with van der Waals surface area (Å²) in [5.41, 5.74) is 1.10. The summed E-state index contributed by atoms with van der Waals surface area (Å²) in [5.74, 6) is 0.188. The molecule has 1 unspecified atom stereocenters. The van der Waals surface area contributed by atoms with Gasteiger partial charge in [0.25, 0.3) is 0 Å². The van der Waals surface area contributed by atoms with Gasteiger partial charge in [-0.1, -0.05) is 42.5 Å². The van der Waals surface area contributed by atoms with Crippen LogP contribution in [0.25, 0.3) is 0 Å². The number of benzene rings is 1. The summed E-state index contributed by atoms with van der Waals surface area (Å²) in [6.07, 6.45) is 4.99. The van der Waals surface area contributed by atoms with Crippen molar-refractivity contribution < 1.29 is 9.53 Å². The third kappa shape index (κ3) is 2.77. The zero-order chi connectivity index (χ0) is 10.5. The molecule has 0 aromatic heterocycles. The molecule has 1 aliphatic carbocycles. The fourth-order valence-electron chi connectivity index (χ4n) is 1.60. The lowest BCUT2D eigenvalue weighted by molar-refractivity contribution is -0.128. The fraction of sp³-hybridized carbons (Fsp3) is 0.308. The maximum atomic E-state index is 11.4. The molecule has 0 amide bonds. The number of rotatable bonds is 3. The van der Waals surface area contributed by atoms with Crippen molar-refractivity contribution in [3.05, 3.63) is 48.0 Å². The first-order chi connectivity index (χ1) is 7.36. The van der Waals surface area contributed by atoms with Crippen LogP contribution >= 0.6 is 0 Å². The molecule has 2 nitrogen and oxygen atoms in total. The highest BCUT2D eigenvalue weighted by atomic mass is 16.5. The van der Waals surface area contributed by atoms with E-state index in [1.54, 1.807) is 0 Å². The van der Waals surface area contributed by atoms with Crippen LogP contribution in [0.4, 0.5) is 0 Å². The molecule has 1 atom stereocenters. The van der Waals surface area contributed by atoms with Crippen LogP contribution in [0.1, 0.15) is 18.4 Å². The van der Waals surface area contributed by atoms with Gasteiger partial charge < -0.3 is 4.74 Å². The molecule has 0 aliphatic heterocycles. The topological polar surface area (TPSA) is 26.3 Å². The van der Waals surface area contributed by atoms with Crippen molar-refractivity contribution in [1.82, 2.24) is 0 Å². The van der Waals surface area contributed by atoms with Gasteiger partial charge in [0.2, 0.25) is 0 Å². The minimum atomic E-state index is -0.334. The number of carbonyl (C=O) groups is 1. The molecule has 0 spiro atoms. The van der Waals surface area contributed by atoms with Crippen molar-refractivity contribution in [2.24, 2.45) is 0 Å². The SMILES string of the molecule is O=C1CCC=CC1OCc1ccccc1. The molecule has 0 N–H and O–H groups in total. The quantitative estimate of drug-likeness (QED) is 0.704. The van der Waals surface area contributed by atoms with Crippen LogP contribution in [-0.2, 0) is 16.1 Å². The molecule has 2 heteroatoms. The predicted octanol–water partition coefficient (Wildman–Crippen LogP) is 2.49. The first-order valence-electron chi connectivity index (χ1n) is 5.21. The Morgan fingerprint density at radius 3 is 2.80 bits per heavy atom. The second-order valence-corrected chi connectivity index (χ2v) is 3.65. The minimum Gasteiger partial charge on any atom is -0.362 e. The van der Waals surface area contributed by atoms with Gasteiger partial charge in [0.1, 0.15) is 6.10 Å². The summed E-state index contributed by atoms with van der Waals surface area (Å²) >= 11 is 0. The Bertz CT molecular complexity index is 354. The highest BCUT2D eigenvalue weighted by Crippen LogP contribution is 2.12. The molecule has 1 aliphatic rings. The first-order valence-corrected chi connectivity index (χ1v) is 5.21. The number of Topliss-reactive ketones (excluding diaryl/α,β-unsaturated/α-hetero) is 1. The molecule has 78 valence electrons. The molecule has 0 saturated heterocycles. The molecule has 1 aromatic carbocycles. The van der Waals surface area contributed by atoms with Gasteiger partial charge in [0.05, 0.1) is 6.61 Å². The third-order valence-corrected chi connectivity index (χ3v) is 2.46. The van der Waals surface area contributed by atoms with E-state index in [1.807, 2.05) is 42.5 Å². The number of carbonyl (C=O) groups excluding carboxylic acids is 1. The lowest BCUT2D eigenvalue weighted by Gasteiger charge is -2.15. The van der Waals surface area contributed by atoms with E-state index in [4.69, 9.17) is 4.74 Å². The Balaban J connectivity index is 1.90. The van der Waals surface area contributed by atoms with E-state index in [-0.39, 0.29) is 11.9 Å². The molecule has 15 heavy (non-hydrogen) atoms. The summed E-state index contributed by atoms with van der Waals surface area (Å²) in [5, 5.41) is 0. The second-order valence-electron chi connectivity index (χ2n) is 3.65. The Morgan fingerprint density at radius 1 is 1.27 bits per heavy atom. The van der Waals surface area contributed by atoms with Crippen LogP contribution in [0.5, 0.6) is 0 Å². The number of hydrogen-bond donors (Lipinski definition) is 0. The van der Waals surface area contributed by atoms with Crippen LogP contribution in [0, 0.1) is 0 Å². The van der Waals surface area contributed by atoms with Crippen LogP contribution in [0.3, 0.4) is 0 Å². The van der Waals surface area contributed by atoms with Crippen molar-refractivity contribution in [1.29, 1.82) is 0 Å². The summed E-state index contributed by atoms with van der Waals surface area (Å²) in [6.45, 7) is 0.502. The van der Waals surface area contributed by atoms with E-state index in [0.29, 0.717) is 13.0 Å². The van der Waals surface area contributed by atoms with E-state index >= 15 is 0 Å². The summed E-state index contributed by atoms with van der Waals surface area (Å²) in [6, 6.07) is 9.90. The summed E-state index contributed by atoms with van der Waals surface area (Å²) in [4.78, 5) is 11.4. The van der Waals surface area contributed by atoms with Crippen molar-refractivity contribution in [2.75, 3.05) is 0 Å². The van der Waals surface area contributed by atoms with Gasteiger partial charge in [-0.2, -0.15) is 0 Å². The van der Waals surface area contributed by atoms with Crippen LogP contribution in [-0.4, -0.2) is 11.9 Å². The number of hydrogen-bond acceptors (Lipinski definition) is 2. The van der Waals surface area contributed by atoms with Crippen LogP contribution in [0.15, 0.2) is 42.5 Å². The molecule has 0 bridgehead atoms.